The highest BCUT2D eigenvalue weighted by Crippen LogP contribution is 2.25. The van der Waals surface area contributed by atoms with Crippen molar-refractivity contribution in [2.24, 2.45) is 0 Å². The van der Waals surface area contributed by atoms with Crippen LogP contribution in [-0.4, -0.2) is 31.1 Å². The van der Waals surface area contributed by atoms with Crippen molar-refractivity contribution in [2.45, 2.75) is 38.3 Å². The molecule has 0 amide bonds. The average molecular weight is 301 g/mol. The number of likely N-dealkylation sites (N-methyl/N-ethyl adjacent to an activating group) is 1. The number of nitrogens with zero attached hydrogens (tertiary/aromatic N) is 1. The lowest BCUT2D eigenvalue weighted by Gasteiger charge is -2.24. The molecule has 2 rings (SSSR count). The fraction of sp³-hybridized carbons (Fsp3) is 0.600. The van der Waals surface area contributed by atoms with Gasteiger partial charge in [-0.25, -0.2) is 0 Å². The van der Waals surface area contributed by atoms with Gasteiger partial charge in [-0.1, -0.05) is 48.2 Å². The van der Waals surface area contributed by atoms with Crippen LogP contribution in [0.3, 0.4) is 0 Å². The van der Waals surface area contributed by atoms with Gasteiger partial charge < -0.3 is 10.2 Å². The first kappa shape index (κ1) is 15.1. The third kappa shape index (κ3) is 4.35. The van der Waals surface area contributed by atoms with Crippen LogP contribution in [0, 0.1) is 0 Å². The van der Waals surface area contributed by atoms with Crippen LogP contribution in [0.25, 0.3) is 0 Å². The van der Waals surface area contributed by atoms with Crippen LogP contribution >= 0.6 is 23.2 Å². The monoisotopic (exact) mass is 300 g/mol. The Labute approximate surface area is 126 Å². The molecule has 0 radical (unpaired) electrons. The molecule has 1 aliphatic rings. The van der Waals surface area contributed by atoms with Crippen LogP contribution < -0.4 is 5.32 Å². The molecule has 1 N–H and O–H groups in total. The fourth-order valence-corrected chi connectivity index (χ4v) is 3.08. The van der Waals surface area contributed by atoms with Gasteiger partial charge in [0.15, 0.2) is 0 Å². The van der Waals surface area contributed by atoms with Crippen molar-refractivity contribution in [2.75, 3.05) is 20.1 Å². The predicted molar refractivity (Wildman–Crippen MR) is 83.1 cm³/mol. The highest BCUT2D eigenvalue weighted by Gasteiger charge is 2.18. The molecule has 1 fully saturated rings. The zero-order valence-electron chi connectivity index (χ0n) is 11.5. The van der Waals surface area contributed by atoms with Gasteiger partial charge in [0.1, 0.15) is 0 Å². The lowest BCUT2D eigenvalue weighted by atomic mass is 10.2. The summed E-state index contributed by atoms with van der Waals surface area (Å²) in [7, 11) is 2.23. The van der Waals surface area contributed by atoms with Crippen LogP contribution in [0.4, 0.5) is 0 Å². The second-order valence-corrected chi connectivity index (χ2v) is 6.09. The quantitative estimate of drug-likeness (QED) is 0.800. The van der Waals surface area contributed by atoms with E-state index in [-0.39, 0.29) is 0 Å². The normalized spacial score (nSPS) is 16.4. The van der Waals surface area contributed by atoms with E-state index >= 15 is 0 Å². The Morgan fingerprint density at radius 1 is 1.26 bits per heavy atom. The maximum Gasteiger partial charge on any atom is 0.0637 e. The Hall–Kier alpha value is -0.280. The van der Waals surface area contributed by atoms with E-state index in [9.17, 15) is 0 Å². The largest absolute Gasteiger partial charge is 0.311 e. The molecular formula is C15H22Cl2N2. The van der Waals surface area contributed by atoms with E-state index in [0.717, 1.165) is 31.2 Å². The summed E-state index contributed by atoms with van der Waals surface area (Å²) in [6.45, 7) is 2.84. The summed E-state index contributed by atoms with van der Waals surface area (Å²) < 4.78 is 0. The molecule has 1 aromatic rings. The van der Waals surface area contributed by atoms with Gasteiger partial charge in [0.2, 0.25) is 0 Å². The second kappa shape index (κ2) is 7.49. The fourth-order valence-electron chi connectivity index (χ4n) is 2.69. The molecule has 19 heavy (non-hydrogen) atoms. The number of benzene rings is 1. The minimum Gasteiger partial charge on any atom is -0.311 e. The number of halogens is 2. The zero-order chi connectivity index (χ0) is 13.7. The van der Waals surface area contributed by atoms with Gasteiger partial charge in [0.25, 0.3) is 0 Å². The van der Waals surface area contributed by atoms with E-state index in [1.54, 1.807) is 0 Å². The van der Waals surface area contributed by atoms with E-state index < -0.39 is 0 Å². The first-order valence-corrected chi connectivity index (χ1v) is 7.78. The molecule has 0 aromatic heterocycles. The van der Waals surface area contributed by atoms with E-state index in [0.29, 0.717) is 10.0 Å². The number of rotatable bonds is 6. The molecule has 0 spiro atoms. The van der Waals surface area contributed by atoms with Crippen molar-refractivity contribution in [1.29, 1.82) is 0 Å². The van der Waals surface area contributed by atoms with Crippen molar-refractivity contribution < 1.29 is 0 Å². The van der Waals surface area contributed by atoms with Gasteiger partial charge in [-0.2, -0.15) is 0 Å². The summed E-state index contributed by atoms with van der Waals surface area (Å²) in [5.74, 6) is 0. The zero-order valence-corrected chi connectivity index (χ0v) is 13.0. The van der Waals surface area contributed by atoms with Crippen molar-refractivity contribution in [3.05, 3.63) is 33.8 Å². The lowest BCUT2D eigenvalue weighted by molar-refractivity contribution is 0.245. The van der Waals surface area contributed by atoms with Crippen LogP contribution in [-0.2, 0) is 6.54 Å². The Balaban J connectivity index is 1.70. The van der Waals surface area contributed by atoms with Gasteiger partial charge in [0.05, 0.1) is 10.0 Å². The molecule has 0 atom stereocenters. The summed E-state index contributed by atoms with van der Waals surface area (Å²) in [4.78, 5) is 2.47. The minimum absolute atomic E-state index is 0.629. The highest BCUT2D eigenvalue weighted by atomic mass is 35.5. The van der Waals surface area contributed by atoms with E-state index in [1.807, 2.05) is 18.2 Å². The van der Waals surface area contributed by atoms with Crippen LogP contribution in [0.15, 0.2) is 18.2 Å². The minimum atomic E-state index is 0.629. The maximum atomic E-state index is 6.16. The molecule has 106 valence electrons. The molecule has 0 unspecified atom stereocenters. The van der Waals surface area contributed by atoms with Crippen molar-refractivity contribution >= 4 is 23.2 Å². The molecule has 1 aliphatic carbocycles. The lowest BCUT2D eigenvalue weighted by Crippen LogP contribution is -2.35. The van der Waals surface area contributed by atoms with Crippen LogP contribution in [0.1, 0.15) is 31.2 Å². The number of hydrogen-bond acceptors (Lipinski definition) is 2. The molecule has 1 saturated carbocycles. The van der Waals surface area contributed by atoms with Gasteiger partial charge in [-0.3, -0.25) is 0 Å². The molecule has 0 aliphatic heterocycles. The summed E-state index contributed by atoms with van der Waals surface area (Å²) in [6.07, 6.45) is 5.49. The standard InChI is InChI=1S/C15H22Cl2N2/c1-19(13-6-2-3-7-13)10-9-18-11-12-5-4-8-14(16)15(12)17/h4-5,8,13,18H,2-3,6-7,9-11H2,1H3. The van der Waals surface area contributed by atoms with Crippen LogP contribution in [0.2, 0.25) is 10.0 Å². The Morgan fingerprint density at radius 3 is 2.74 bits per heavy atom. The smallest absolute Gasteiger partial charge is 0.0637 e. The van der Waals surface area contributed by atoms with Crippen molar-refractivity contribution in [3.8, 4) is 0 Å². The predicted octanol–water partition coefficient (Wildman–Crippen LogP) is 3.96. The Kier molecular flexibility index (Phi) is 5.96. The molecule has 0 bridgehead atoms. The van der Waals surface area contributed by atoms with E-state index in [4.69, 9.17) is 23.2 Å². The SMILES string of the molecule is CN(CCNCc1cccc(Cl)c1Cl)C1CCCC1. The molecular weight excluding hydrogens is 279 g/mol. The highest BCUT2D eigenvalue weighted by molar-refractivity contribution is 6.42. The first-order chi connectivity index (χ1) is 9.18. The maximum absolute atomic E-state index is 6.16. The molecule has 0 heterocycles. The first-order valence-electron chi connectivity index (χ1n) is 7.02. The van der Waals surface area contributed by atoms with Crippen molar-refractivity contribution in [3.63, 3.8) is 0 Å². The third-order valence-electron chi connectivity index (χ3n) is 3.94. The molecule has 4 heteroatoms. The van der Waals surface area contributed by atoms with Crippen LogP contribution in [0.5, 0.6) is 0 Å². The van der Waals surface area contributed by atoms with Gasteiger partial charge >= 0.3 is 0 Å². The summed E-state index contributed by atoms with van der Waals surface area (Å²) in [5.41, 5.74) is 1.07. The summed E-state index contributed by atoms with van der Waals surface area (Å²) in [6, 6.07) is 6.57. The Bertz CT molecular complexity index is 403. The van der Waals surface area contributed by atoms with Crippen molar-refractivity contribution in [1.82, 2.24) is 10.2 Å². The van der Waals surface area contributed by atoms with E-state index in [1.165, 1.54) is 25.7 Å². The van der Waals surface area contributed by atoms with Gasteiger partial charge in [0, 0.05) is 25.7 Å². The van der Waals surface area contributed by atoms with Gasteiger partial charge in [-0.15, -0.1) is 0 Å². The topological polar surface area (TPSA) is 15.3 Å². The average Bonchev–Trinajstić information content (AvgIpc) is 2.93. The summed E-state index contributed by atoms with van der Waals surface area (Å²) >= 11 is 12.2. The number of nitrogens with one attached hydrogen (secondary N) is 1. The molecule has 2 nitrogen and oxygen atoms in total. The number of hydrogen-bond donors (Lipinski definition) is 1. The third-order valence-corrected chi connectivity index (χ3v) is 4.79. The summed E-state index contributed by atoms with van der Waals surface area (Å²) in [5, 5.41) is 4.74. The molecule has 1 aromatic carbocycles. The van der Waals surface area contributed by atoms with E-state index in [2.05, 4.69) is 17.3 Å². The van der Waals surface area contributed by atoms with Gasteiger partial charge in [-0.05, 0) is 31.5 Å². The molecule has 0 saturated heterocycles. The Morgan fingerprint density at radius 2 is 2.00 bits per heavy atom. The second-order valence-electron chi connectivity index (χ2n) is 5.31.